The van der Waals surface area contributed by atoms with Crippen LogP contribution in [-0.2, 0) is 0 Å². The van der Waals surface area contributed by atoms with Crippen molar-refractivity contribution in [1.29, 1.82) is 0 Å². The number of phenolic OH excluding ortho intramolecular Hbond substituents is 1. The summed E-state index contributed by atoms with van der Waals surface area (Å²) in [5.41, 5.74) is 0.233. The Morgan fingerprint density at radius 2 is 1.96 bits per heavy atom. The fourth-order valence-corrected chi connectivity index (χ4v) is 2.24. The van der Waals surface area contributed by atoms with Gasteiger partial charge in [0, 0.05) is 10.4 Å². The molecule has 3 aromatic rings. The lowest BCUT2D eigenvalue weighted by Crippen LogP contribution is -1.94. The van der Waals surface area contributed by atoms with E-state index in [1.807, 2.05) is 0 Å². The fraction of sp³-hybridized carbons (Fsp3) is 0. The van der Waals surface area contributed by atoms with Gasteiger partial charge in [0.1, 0.15) is 11.6 Å². The molecule has 116 valence electrons. The van der Waals surface area contributed by atoms with Crippen LogP contribution >= 0.6 is 11.6 Å². The summed E-state index contributed by atoms with van der Waals surface area (Å²) in [4.78, 5) is 14.6. The molecule has 0 fully saturated rings. The van der Waals surface area contributed by atoms with Crippen molar-refractivity contribution in [3.05, 3.63) is 52.8 Å². The molecule has 2 aromatic carbocycles. The number of H-pyrrole nitrogens is 1. The van der Waals surface area contributed by atoms with Crippen molar-refractivity contribution in [2.24, 2.45) is 10.2 Å². The summed E-state index contributed by atoms with van der Waals surface area (Å²) in [6.45, 7) is 0. The van der Waals surface area contributed by atoms with Gasteiger partial charge < -0.3 is 15.2 Å². The van der Waals surface area contributed by atoms with Crippen molar-refractivity contribution >= 4 is 34.1 Å². The molecule has 0 aliphatic rings. The van der Waals surface area contributed by atoms with Gasteiger partial charge in [-0.2, -0.15) is 0 Å². The van der Waals surface area contributed by atoms with E-state index in [4.69, 9.17) is 11.6 Å². The Morgan fingerprint density at radius 3 is 2.74 bits per heavy atom. The van der Waals surface area contributed by atoms with Crippen LogP contribution in [0, 0.1) is 5.82 Å². The number of nitrogens with one attached hydrogen (secondary N) is 1. The van der Waals surface area contributed by atoms with E-state index in [-0.39, 0.29) is 33.3 Å². The minimum atomic E-state index is -0.852. The zero-order valence-electron chi connectivity index (χ0n) is 11.4. The second-order valence-electron chi connectivity index (χ2n) is 4.68. The maximum atomic E-state index is 13.3. The Labute approximate surface area is 133 Å². The minimum Gasteiger partial charge on any atom is -0.507 e. The highest BCUT2D eigenvalue weighted by Crippen LogP contribution is 2.36. The number of carbonyl (C=O) groups is 1. The van der Waals surface area contributed by atoms with Crippen LogP contribution in [0.15, 0.2) is 46.6 Å². The predicted octanol–water partition coefficient (Wildman–Crippen LogP) is 4.30. The summed E-state index contributed by atoms with van der Waals surface area (Å²) in [7, 11) is 0. The first-order chi connectivity index (χ1) is 11.0. The second kappa shape index (κ2) is 5.69. The van der Waals surface area contributed by atoms with E-state index in [0.29, 0.717) is 5.52 Å². The molecular formula is C15H9ClFN3O3. The molecule has 1 aromatic heterocycles. The monoisotopic (exact) mass is 333 g/mol. The highest BCUT2D eigenvalue weighted by molar-refractivity contribution is 6.31. The number of hydrogen-bond acceptors (Lipinski definition) is 4. The standard InChI is InChI=1S/C15H9ClFN3O3/c16-7-1-4-12(21)10(5-7)14(22)20-19-13-9-6-8(17)2-3-11(9)18-15(13)23/h1-6,18,21,23H. The van der Waals surface area contributed by atoms with Gasteiger partial charge in [0.2, 0.25) is 5.88 Å². The SMILES string of the molecule is O=C(N=Nc1c(O)[nH]c2ccc(F)cc12)c1cc(Cl)ccc1O. The molecule has 0 radical (unpaired) electrons. The zero-order valence-corrected chi connectivity index (χ0v) is 12.2. The maximum absolute atomic E-state index is 13.3. The van der Waals surface area contributed by atoms with E-state index in [9.17, 15) is 19.4 Å². The topological polar surface area (TPSA) is 98.0 Å². The number of hydrogen-bond donors (Lipinski definition) is 3. The van der Waals surface area contributed by atoms with E-state index in [0.717, 1.165) is 6.07 Å². The number of halogens is 2. The number of amides is 1. The Bertz CT molecular complexity index is 953. The van der Waals surface area contributed by atoms with Crippen molar-refractivity contribution in [2.45, 2.75) is 0 Å². The van der Waals surface area contributed by atoms with Crippen LogP contribution in [0.25, 0.3) is 10.9 Å². The molecular weight excluding hydrogens is 325 g/mol. The predicted molar refractivity (Wildman–Crippen MR) is 81.9 cm³/mol. The summed E-state index contributed by atoms with van der Waals surface area (Å²) in [5, 5.41) is 27.1. The molecule has 0 aliphatic carbocycles. The number of benzene rings is 2. The Balaban J connectivity index is 2.00. The van der Waals surface area contributed by atoms with Gasteiger partial charge in [-0.3, -0.25) is 4.79 Å². The first kappa shape index (κ1) is 15.0. The zero-order chi connectivity index (χ0) is 16.6. The van der Waals surface area contributed by atoms with Crippen molar-refractivity contribution in [1.82, 2.24) is 4.98 Å². The number of rotatable bonds is 2. The van der Waals surface area contributed by atoms with Gasteiger partial charge in [-0.15, -0.1) is 10.2 Å². The van der Waals surface area contributed by atoms with Crippen molar-refractivity contribution < 1.29 is 19.4 Å². The number of aromatic nitrogens is 1. The Morgan fingerprint density at radius 1 is 1.17 bits per heavy atom. The summed E-state index contributed by atoms with van der Waals surface area (Å²) in [5.74, 6) is -2.02. The Hall–Kier alpha value is -2.93. The maximum Gasteiger partial charge on any atom is 0.299 e. The lowest BCUT2D eigenvalue weighted by Gasteiger charge is -1.99. The highest BCUT2D eigenvalue weighted by atomic mass is 35.5. The van der Waals surface area contributed by atoms with Gasteiger partial charge in [-0.1, -0.05) is 11.6 Å². The number of carbonyl (C=O) groups excluding carboxylic acids is 1. The van der Waals surface area contributed by atoms with E-state index < -0.39 is 11.7 Å². The van der Waals surface area contributed by atoms with Gasteiger partial charge in [0.05, 0.1) is 11.1 Å². The van der Waals surface area contributed by atoms with Crippen LogP contribution < -0.4 is 0 Å². The molecule has 1 heterocycles. The van der Waals surface area contributed by atoms with Gasteiger partial charge in [0.25, 0.3) is 5.91 Å². The number of nitrogens with zero attached hydrogens (tertiary/aromatic N) is 2. The molecule has 3 N–H and O–H groups in total. The molecule has 23 heavy (non-hydrogen) atoms. The average molecular weight is 334 g/mol. The lowest BCUT2D eigenvalue weighted by molar-refractivity contribution is 0.0992. The van der Waals surface area contributed by atoms with Crippen molar-refractivity contribution in [2.75, 3.05) is 0 Å². The van der Waals surface area contributed by atoms with Crippen molar-refractivity contribution in [3.8, 4) is 11.6 Å². The lowest BCUT2D eigenvalue weighted by atomic mass is 10.2. The molecule has 3 rings (SSSR count). The first-order valence-corrected chi connectivity index (χ1v) is 6.78. The number of fused-ring (bicyclic) bond motifs is 1. The van der Waals surface area contributed by atoms with E-state index in [1.54, 1.807) is 0 Å². The Kier molecular flexibility index (Phi) is 3.71. The summed E-state index contributed by atoms with van der Waals surface area (Å²) in [6, 6.07) is 7.71. The average Bonchev–Trinajstić information content (AvgIpc) is 2.82. The summed E-state index contributed by atoms with van der Waals surface area (Å²) < 4.78 is 13.3. The van der Waals surface area contributed by atoms with Crippen LogP contribution in [-0.4, -0.2) is 21.1 Å². The molecule has 0 bridgehead atoms. The first-order valence-electron chi connectivity index (χ1n) is 6.40. The molecule has 0 saturated carbocycles. The minimum absolute atomic E-state index is 0.0747. The molecule has 0 aliphatic heterocycles. The highest BCUT2D eigenvalue weighted by Gasteiger charge is 2.14. The summed E-state index contributed by atoms with van der Waals surface area (Å²) >= 11 is 5.76. The fourth-order valence-electron chi connectivity index (χ4n) is 2.07. The number of azo groups is 1. The van der Waals surface area contributed by atoms with Gasteiger partial charge >= 0.3 is 0 Å². The number of aromatic amines is 1. The van der Waals surface area contributed by atoms with E-state index >= 15 is 0 Å². The molecule has 0 atom stereocenters. The summed E-state index contributed by atoms with van der Waals surface area (Å²) in [6.07, 6.45) is 0. The third kappa shape index (κ3) is 2.86. The van der Waals surface area contributed by atoms with Crippen LogP contribution in [0.3, 0.4) is 0 Å². The third-order valence-corrected chi connectivity index (χ3v) is 3.38. The van der Waals surface area contributed by atoms with Crippen LogP contribution in [0.2, 0.25) is 5.02 Å². The number of aromatic hydroxyl groups is 2. The molecule has 8 heteroatoms. The third-order valence-electron chi connectivity index (χ3n) is 3.14. The molecule has 0 spiro atoms. The molecule has 0 unspecified atom stereocenters. The van der Waals surface area contributed by atoms with E-state index in [1.165, 1.54) is 30.3 Å². The van der Waals surface area contributed by atoms with Gasteiger partial charge in [0.15, 0.2) is 5.69 Å². The van der Waals surface area contributed by atoms with Crippen molar-refractivity contribution in [3.63, 3.8) is 0 Å². The van der Waals surface area contributed by atoms with Gasteiger partial charge in [-0.25, -0.2) is 4.39 Å². The largest absolute Gasteiger partial charge is 0.507 e. The van der Waals surface area contributed by atoms with Crippen LogP contribution in [0.1, 0.15) is 10.4 Å². The normalized spacial score (nSPS) is 11.4. The molecule has 0 saturated heterocycles. The van der Waals surface area contributed by atoms with Gasteiger partial charge in [-0.05, 0) is 36.4 Å². The van der Waals surface area contributed by atoms with Crippen LogP contribution in [0.4, 0.5) is 10.1 Å². The molecule has 1 amide bonds. The molecule has 6 nitrogen and oxygen atoms in total. The van der Waals surface area contributed by atoms with E-state index in [2.05, 4.69) is 15.2 Å². The smallest absolute Gasteiger partial charge is 0.299 e. The van der Waals surface area contributed by atoms with Crippen LogP contribution in [0.5, 0.6) is 11.6 Å². The quantitative estimate of drug-likeness (QED) is 0.610. The second-order valence-corrected chi connectivity index (χ2v) is 5.12. The number of phenols is 1.